The zero-order valence-electron chi connectivity index (χ0n) is 15.9. The van der Waals surface area contributed by atoms with Crippen LogP contribution in [0.1, 0.15) is 16.1 Å². The molecule has 1 amide bonds. The molecule has 1 N–H and O–H groups in total. The number of aromatic nitrogens is 1. The number of hydrogen-bond acceptors (Lipinski definition) is 8. The van der Waals surface area contributed by atoms with Gasteiger partial charge in [0.05, 0.1) is 12.0 Å². The van der Waals surface area contributed by atoms with E-state index in [-0.39, 0.29) is 23.6 Å². The topological polar surface area (TPSA) is 134 Å². The number of esters is 1. The average Bonchev–Trinajstić information content (AvgIpc) is 3.25. The highest BCUT2D eigenvalue weighted by Crippen LogP contribution is 2.27. The fourth-order valence-corrected chi connectivity index (χ4v) is 2.55. The van der Waals surface area contributed by atoms with Crippen LogP contribution in [-0.2, 0) is 16.1 Å². The second kappa shape index (κ2) is 9.32. The normalized spacial score (nSPS) is 10.3. The Morgan fingerprint density at radius 1 is 1.17 bits per heavy atom. The summed E-state index contributed by atoms with van der Waals surface area (Å²) in [5.74, 6) is -0.796. The summed E-state index contributed by atoms with van der Waals surface area (Å²) in [7, 11) is 1.29. The number of hydrogen-bond donors (Lipinski definition) is 1. The Balaban J connectivity index is 1.51. The minimum Gasteiger partial charge on any atom is -0.490 e. The molecule has 1 aromatic heterocycles. The van der Waals surface area contributed by atoms with Crippen LogP contribution in [0.4, 0.5) is 5.69 Å². The van der Waals surface area contributed by atoms with Gasteiger partial charge >= 0.3 is 11.7 Å². The van der Waals surface area contributed by atoms with E-state index in [1.54, 1.807) is 6.07 Å². The van der Waals surface area contributed by atoms with Gasteiger partial charge in [0.2, 0.25) is 0 Å². The highest BCUT2D eigenvalue weighted by molar-refractivity contribution is 5.96. The number of ether oxygens (including phenoxy) is 2. The Hall–Kier alpha value is -4.21. The zero-order valence-corrected chi connectivity index (χ0v) is 15.9. The van der Waals surface area contributed by atoms with Gasteiger partial charge in [0.1, 0.15) is 18.8 Å². The first-order valence-corrected chi connectivity index (χ1v) is 8.75. The number of benzene rings is 2. The summed E-state index contributed by atoms with van der Waals surface area (Å²) in [5, 5.41) is 17.2. The van der Waals surface area contributed by atoms with E-state index in [9.17, 15) is 19.7 Å². The predicted octanol–water partition coefficient (Wildman–Crippen LogP) is 2.73. The fourth-order valence-electron chi connectivity index (χ4n) is 2.55. The molecule has 0 aliphatic carbocycles. The van der Waals surface area contributed by atoms with Crippen molar-refractivity contribution in [1.82, 2.24) is 10.5 Å². The first-order chi connectivity index (χ1) is 14.5. The van der Waals surface area contributed by atoms with Crippen LogP contribution in [-0.4, -0.2) is 35.6 Å². The number of nitro benzene ring substituents is 1. The SMILES string of the molecule is COc1ccc(C(=O)NCC(=O)OCc2cc(-c3ccccc3)on2)cc1[N+](=O)[O-]. The summed E-state index contributed by atoms with van der Waals surface area (Å²) in [6, 6.07) is 14.7. The molecule has 0 fully saturated rings. The Bertz CT molecular complexity index is 1060. The molecule has 1 heterocycles. The van der Waals surface area contributed by atoms with Crippen molar-refractivity contribution in [2.75, 3.05) is 13.7 Å². The summed E-state index contributed by atoms with van der Waals surface area (Å²) in [6.07, 6.45) is 0. The van der Waals surface area contributed by atoms with Crippen molar-refractivity contribution < 1.29 is 28.5 Å². The van der Waals surface area contributed by atoms with Gasteiger partial charge < -0.3 is 19.3 Å². The molecule has 0 saturated heterocycles. The molecule has 10 nitrogen and oxygen atoms in total. The van der Waals surface area contributed by atoms with Crippen LogP contribution in [0.3, 0.4) is 0 Å². The second-order valence-corrected chi connectivity index (χ2v) is 6.04. The average molecular weight is 411 g/mol. The molecular weight excluding hydrogens is 394 g/mol. The van der Waals surface area contributed by atoms with Crippen molar-refractivity contribution >= 4 is 17.6 Å². The number of nitrogens with zero attached hydrogens (tertiary/aromatic N) is 2. The number of carbonyl (C=O) groups is 2. The first kappa shape index (κ1) is 20.5. The van der Waals surface area contributed by atoms with Gasteiger partial charge in [-0.3, -0.25) is 19.7 Å². The lowest BCUT2D eigenvalue weighted by atomic mass is 10.1. The summed E-state index contributed by atoms with van der Waals surface area (Å²) in [5.41, 5.74) is 0.912. The standard InChI is InChI=1S/C20H17N3O7/c1-28-17-8-7-14(9-16(17)23(26)27)20(25)21-11-19(24)29-12-15-10-18(30-22-15)13-5-3-2-4-6-13/h2-10H,11-12H2,1H3,(H,21,25). The third-order valence-corrected chi connectivity index (χ3v) is 4.03. The number of nitrogens with one attached hydrogen (secondary N) is 1. The molecular formula is C20H17N3O7. The summed E-state index contributed by atoms with van der Waals surface area (Å²) in [4.78, 5) is 34.4. The molecule has 10 heteroatoms. The lowest BCUT2D eigenvalue weighted by Crippen LogP contribution is -2.30. The molecule has 0 radical (unpaired) electrons. The maximum absolute atomic E-state index is 12.1. The highest BCUT2D eigenvalue weighted by Gasteiger charge is 2.19. The molecule has 0 atom stereocenters. The van der Waals surface area contributed by atoms with Gasteiger partial charge in [-0.05, 0) is 12.1 Å². The molecule has 0 spiro atoms. The van der Waals surface area contributed by atoms with Crippen molar-refractivity contribution in [3.05, 3.63) is 76.0 Å². The molecule has 0 aliphatic rings. The predicted molar refractivity (Wildman–Crippen MR) is 104 cm³/mol. The molecule has 0 aliphatic heterocycles. The van der Waals surface area contributed by atoms with Crippen molar-refractivity contribution in [3.63, 3.8) is 0 Å². The van der Waals surface area contributed by atoms with E-state index < -0.39 is 23.3 Å². The molecule has 0 unspecified atom stereocenters. The van der Waals surface area contributed by atoms with Crippen LogP contribution in [0.15, 0.2) is 59.1 Å². The Morgan fingerprint density at radius 2 is 1.93 bits per heavy atom. The Labute approximate surface area is 170 Å². The van der Waals surface area contributed by atoms with E-state index in [0.717, 1.165) is 11.6 Å². The van der Waals surface area contributed by atoms with Gasteiger partial charge in [-0.15, -0.1) is 0 Å². The third kappa shape index (κ3) is 4.98. The van der Waals surface area contributed by atoms with E-state index in [1.165, 1.54) is 19.2 Å². The van der Waals surface area contributed by atoms with Gasteiger partial charge in [-0.25, -0.2) is 0 Å². The van der Waals surface area contributed by atoms with Gasteiger partial charge in [0.15, 0.2) is 11.5 Å². The van der Waals surface area contributed by atoms with E-state index in [2.05, 4.69) is 10.5 Å². The second-order valence-electron chi connectivity index (χ2n) is 6.04. The van der Waals surface area contributed by atoms with Crippen LogP contribution in [0.5, 0.6) is 5.75 Å². The Kier molecular flexibility index (Phi) is 6.38. The van der Waals surface area contributed by atoms with Crippen LogP contribution >= 0.6 is 0 Å². The monoisotopic (exact) mass is 411 g/mol. The molecule has 30 heavy (non-hydrogen) atoms. The fraction of sp³-hybridized carbons (Fsp3) is 0.150. The summed E-state index contributed by atoms with van der Waals surface area (Å²) in [6.45, 7) is -0.541. The maximum Gasteiger partial charge on any atom is 0.325 e. The van der Waals surface area contributed by atoms with E-state index >= 15 is 0 Å². The minimum absolute atomic E-state index is 0.0132. The first-order valence-electron chi connectivity index (χ1n) is 8.75. The molecule has 3 aromatic rings. The van der Waals surface area contributed by atoms with Crippen molar-refractivity contribution in [2.45, 2.75) is 6.61 Å². The molecule has 3 rings (SSSR count). The zero-order chi connectivity index (χ0) is 21.5. The van der Waals surface area contributed by atoms with Gasteiger partial charge in [0, 0.05) is 23.3 Å². The third-order valence-electron chi connectivity index (χ3n) is 4.03. The molecule has 0 saturated carbocycles. The van der Waals surface area contributed by atoms with Crippen molar-refractivity contribution in [3.8, 4) is 17.1 Å². The molecule has 2 aromatic carbocycles. The van der Waals surface area contributed by atoms with E-state index in [4.69, 9.17) is 14.0 Å². The number of carbonyl (C=O) groups excluding carboxylic acids is 2. The number of nitro groups is 1. The van der Waals surface area contributed by atoms with Crippen LogP contribution in [0.2, 0.25) is 0 Å². The Morgan fingerprint density at radius 3 is 2.63 bits per heavy atom. The van der Waals surface area contributed by atoms with E-state index in [0.29, 0.717) is 11.5 Å². The number of amides is 1. The largest absolute Gasteiger partial charge is 0.490 e. The van der Waals surface area contributed by atoms with Gasteiger partial charge in [0.25, 0.3) is 5.91 Å². The quantitative estimate of drug-likeness (QED) is 0.340. The van der Waals surface area contributed by atoms with Crippen molar-refractivity contribution in [2.24, 2.45) is 0 Å². The lowest BCUT2D eigenvalue weighted by molar-refractivity contribution is -0.385. The van der Waals surface area contributed by atoms with Crippen LogP contribution in [0.25, 0.3) is 11.3 Å². The van der Waals surface area contributed by atoms with Crippen LogP contribution < -0.4 is 10.1 Å². The smallest absolute Gasteiger partial charge is 0.325 e. The van der Waals surface area contributed by atoms with Gasteiger partial charge in [-0.1, -0.05) is 35.5 Å². The van der Waals surface area contributed by atoms with E-state index in [1.807, 2.05) is 30.3 Å². The number of methoxy groups -OCH3 is 1. The van der Waals surface area contributed by atoms with Crippen LogP contribution in [0, 0.1) is 10.1 Å². The summed E-state index contributed by atoms with van der Waals surface area (Å²) >= 11 is 0. The molecule has 0 bridgehead atoms. The minimum atomic E-state index is -0.698. The lowest BCUT2D eigenvalue weighted by Gasteiger charge is -2.07. The summed E-state index contributed by atoms with van der Waals surface area (Å²) < 4.78 is 15.2. The molecule has 154 valence electrons. The van der Waals surface area contributed by atoms with Gasteiger partial charge in [-0.2, -0.15) is 0 Å². The van der Waals surface area contributed by atoms with Crippen molar-refractivity contribution in [1.29, 1.82) is 0 Å². The maximum atomic E-state index is 12.1. The number of rotatable bonds is 8. The highest BCUT2D eigenvalue weighted by atomic mass is 16.6.